The van der Waals surface area contributed by atoms with Crippen LogP contribution in [0.1, 0.15) is 28.0 Å². The van der Waals surface area contributed by atoms with Gasteiger partial charge in [0.05, 0.1) is 5.25 Å². The number of thioether (sulfide) groups is 1. The number of carbonyl (C=O) groups is 1. The monoisotopic (exact) mass is 421 g/mol. The summed E-state index contributed by atoms with van der Waals surface area (Å²) in [4.78, 5) is 13.8. The van der Waals surface area contributed by atoms with Crippen molar-refractivity contribution < 1.29 is 4.79 Å². The van der Waals surface area contributed by atoms with Crippen molar-refractivity contribution in [2.24, 2.45) is 7.05 Å². The van der Waals surface area contributed by atoms with Crippen molar-refractivity contribution in [2.45, 2.75) is 23.8 Å². The number of rotatable bonds is 6. The van der Waals surface area contributed by atoms with Crippen LogP contribution < -0.4 is 0 Å². The van der Waals surface area contributed by atoms with Gasteiger partial charge in [-0.3, -0.25) is 4.79 Å². The van der Waals surface area contributed by atoms with Crippen LogP contribution in [0.2, 0.25) is 0 Å². The van der Waals surface area contributed by atoms with Gasteiger partial charge in [-0.05, 0) is 30.5 Å². The minimum Gasteiger partial charge on any atom is -0.309 e. The van der Waals surface area contributed by atoms with E-state index in [2.05, 4.69) is 37.6 Å². The van der Waals surface area contributed by atoms with Gasteiger partial charge in [0.25, 0.3) is 0 Å². The molecule has 0 spiro atoms. The lowest BCUT2D eigenvalue weighted by molar-refractivity contribution is 0.0994. The Bertz CT molecular complexity index is 828. The summed E-state index contributed by atoms with van der Waals surface area (Å²) >= 11 is 6.53. The highest BCUT2D eigenvalue weighted by atomic mass is 79.9. The molecule has 3 rings (SSSR count). The quantitative estimate of drug-likeness (QED) is 0.431. The van der Waals surface area contributed by atoms with Crippen molar-refractivity contribution in [3.8, 4) is 0 Å². The Kier molecular flexibility index (Phi) is 5.53. The first kappa shape index (κ1) is 17.4. The fourth-order valence-electron chi connectivity index (χ4n) is 2.23. The minimum atomic E-state index is -0.219. The Morgan fingerprint density at radius 3 is 2.71 bits per heavy atom. The Balaban J connectivity index is 1.70. The molecule has 2 aromatic heterocycles. The zero-order chi connectivity index (χ0) is 17.1. The number of aromatic nitrogens is 3. The SMILES string of the molecule is C[C@@H](Sc1nnc(Cc2cccs2)n1C)C(=O)c1ccc(Br)cc1. The van der Waals surface area contributed by atoms with E-state index >= 15 is 0 Å². The van der Waals surface area contributed by atoms with Gasteiger partial charge in [-0.25, -0.2) is 0 Å². The first-order valence-corrected chi connectivity index (χ1v) is 9.97. The Hall–Kier alpha value is -1.44. The standard InChI is InChI=1S/C17H16BrN3OS2/c1-11(16(22)12-5-7-13(18)8-6-12)24-17-20-19-15(21(17)2)10-14-4-3-9-23-14/h3-9,11H,10H2,1-2H3/t11-/m1/s1. The summed E-state index contributed by atoms with van der Waals surface area (Å²) in [6, 6.07) is 11.6. The molecular formula is C17H16BrN3OS2. The topological polar surface area (TPSA) is 47.8 Å². The molecule has 1 atom stereocenters. The molecule has 0 fully saturated rings. The lowest BCUT2D eigenvalue weighted by atomic mass is 10.1. The molecule has 0 saturated heterocycles. The van der Waals surface area contributed by atoms with Crippen LogP contribution in [0.15, 0.2) is 51.4 Å². The molecule has 0 N–H and O–H groups in total. The largest absolute Gasteiger partial charge is 0.309 e. The fourth-order valence-corrected chi connectivity index (χ4v) is 4.11. The fraction of sp³-hybridized carbons (Fsp3) is 0.235. The number of thiophene rings is 1. The summed E-state index contributed by atoms with van der Waals surface area (Å²) in [6.07, 6.45) is 0.761. The summed E-state index contributed by atoms with van der Waals surface area (Å²) in [7, 11) is 1.95. The van der Waals surface area contributed by atoms with Gasteiger partial charge < -0.3 is 4.57 Å². The molecule has 0 aliphatic heterocycles. The lowest BCUT2D eigenvalue weighted by Gasteiger charge is -2.10. The zero-order valence-corrected chi connectivity index (χ0v) is 16.5. The average molecular weight is 422 g/mol. The average Bonchev–Trinajstić information content (AvgIpc) is 3.20. The maximum Gasteiger partial charge on any atom is 0.191 e. The predicted molar refractivity (Wildman–Crippen MR) is 102 cm³/mol. The van der Waals surface area contributed by atoms with E-state index in [9.17, 15) is 4.79 Å². The van der Waals surface area contributed by atoms with Gasteiger partial charge in [0.2, 0.25) is 0 Å². The van der Waals surface area contributed by atoms with Gasteiger partial charge in [0, 0.05) is 28.4 Å². The Morgan fingerprint density at radius 2 is 2.04 bits per heavy atom. The third kappa shape index (κ3) is 3.96. The second-order valence-electron chi connectivity index (χ2n) is 5.35. The summed E-state index contributed by atoms with van der Waals surface area (Å²) in [5, 5.41) is 11.1. The molecular weight excluding hydrogens is 406 g/mol. The second-order valence-corrected chi connectivity index (χ2v) is 8.60. The van der Waals surface area contributed by atoms with Crippen molar-refractivity contribution in [3.05, 3.63) is 62.5 Å². The van der Waals surface area contributed by atoms with Gasteiger partial charge in [-0.2, -0.15) is 0 Å². The smallest absolute Gasteiger partial charge is 0.191 e. The molecule has 0 radical (unpaired) electrons. The van der Waals surface area contributed by atoms with Crippen molar-refractivity contribution in [2.75, 3.05) is 0 Å². The van der Waals surface area contributed by atoms with Crippen molar-refractivity contribution >= 4 is 44.8 Å². The van der Waals surface area contributed by atoms with E-state index in [0.29, 0.717) is 5.56 Å². The molecule has 7 heteroatoms. The molecule has 0 aliphatic carbocycles. The Labute approximate surface area is 157 Å². The summed E-state index contributed by atoms with van der Waals surface area (Å²) in [5.74, 6) is 0.999. The summed E-state index contributed by atoms with van der Waals surface area (Å²) in [6.45, 7) is 1.91. The number of hydrogen-bond acceptors (Lipinski definition) is 5. The first-order chi connectivity index (χ1) is 11.5. The van der Waals surface area contributed by atoms with Gasteiger partial charge in [-0.1, -0.05) is 45.9 Å². The minimum absolute atomic E-state index is 0.0929. The maximum absolute atomic E-state index is 12.5. The number of hydrogen-bond donors (Lipinski definition) is 0. The van der Waals surface area contributed by atoms with Gasteiger partial charge >= 0.3 is 0 Å². The van der Waals surface area contributed by atoms with Crippen LogP contribution in [0.3, 0.4) is 0 Å². The lowest BCUT2D eigenvalue weighted by Crippen LogP contribution is -2.14. The van der Waals surface area contributed by atoms with Gasteiger partial charge in [0.15, 0.2) is 10.9 Å². The highest BCUT2D eigenvalue weighted by molar-refractivity contribution is 9.10. The van der Waals surface area contributed by atoms with E-state index in [1.807, 2.05) is 48.9 Å². The normalized spacial score (nSPS) is 12.3. The summed E-state index contributed by atoms with van der Waals surface area (Å²) < 4.78 is 2.93. The number of nitrogens with zero attached hydrogens (tertiary/aromatic N) is 3. The number of benzene rings is 1. The molecule has 4 nitrogen and oxygen atoms in total. The molecule has 1 aromatic carbocycles. The molecule has 0 amide bonds. The van der Waals surface area contributed by atoms with Crippen molar-refractivity contribution in [1.82, 2.24) is 14.8 Å². The van der Waals surface area contributed by atoms with Crippen LogP contribution in [0.4, 0.5) is 0 Å². The highest BCUT2D eigenvalue weighted by Gasteiger charge is 2.20. The van der Waals surface area contributed by atoms with Crippen LogP contribution in [0.5, 0.6) is 0 Å². The van der Waals surface area contributed by atoms with Crippen molar-refractivity contribution in [1.29, 1.82) is 0 Å². The molecule has 0 aliphatic rings. The van der Waals surface area contributed by atoms with Crippen molar-refractivity contribution in [3.63, 3.8) is 0 Å². The molecule has 2 heterocycles. The number of ketones is 1. The van der Waals surface area contributed by atoms with E-state index in [0.717, 1.165) is 21.9 Å². The van der Waals surface area contributed by atoms with Crippen LogP contribution in [-0.4, -0.2) is 25.8 Å². The van der Waals surface area contributed by atoms with Crippen LogP contribution >= 0.6 is 39.0 Å². The van der Waals surface area contributed by atoms with Gasteiger partial charge in [-0.15, -0.1) is 21.5 Å². The zero-order valence-electron chi connectivity index (χ0n) is 13.3. The van der Waals surface area contributed by atoms with E-state index in [1.54, 1.807) is 11.3 Å². The second kappa shape index (κ2) is 7.63. The molecule has 0 unspecified atom stereocenters. The van der Waals surface area contributed by atoms with Crippen LogP contribution in [0.25, 0.3) is 0 Å². The van der Waals surface area contributed by atoms with Crippen LogP contribution in [-0.2, 0) is 13.5 Å². The molecule has 24 heavy (non-hydrogen) atoms. The highest BCUT2D eigenvalue weighted by Crippen LogP contribution is 2.25. The molecule has 0 bridgehead atoms. The van der Waals surface area contributed by atoms with E-state index in [1.165, 1.54) is 16.6 Å². The summed E-state index contributed by atoms with van der Waals surface area (Å²) in [5.41, 5.74) is 0.708. The third-order valence-electron chi connectivity index (χ3n) is 3.62. The predicted octanol–water partition coefficient (Wildman–Crippen LogP) is 4.59. The number of Topliss-reactive ketones (excluding diaryl/α,β-unsaturated/α-hetero) is 1. The third-order valence-corrected chi connectivity index (χ3v) is 6.16. The Morgan fingerprint density at radius 1 is 1.29 bits per heavy atom. The van der Waals surface area contributed by atoms with E-state index < -0.39 is 0 Å². The maximum atomic E-state index is 12.5. The van der Waals surface area contributed by atoms with E-state index in [4.69, 9.17) is 0 Å². The molecule has 3 aromatic rings. The van der Waals surface area contributed by atoms with Crippen LogP contribution in [0, 0.1) is 0 Å². The molecule has 0 saturated carbocycles. The number of carbonyl (C=O) groups excluding carboxylic acids is 1. The first-order valence-electron chi connectivity index (χ1n) is 7.41. The van der Waals surface area contributed by atoms with E-state index in [-0.39, 0.29) is 11.0 Å². The molecule has 124 valence electrons. The number of halogens is 1. The van der Waals surface area contributed by atoms with Gasteiger partial charge in [0.1, 0.15) is 5.82 Å².